The normalized spacial score (nSPS) is 19.2. The number of likely N-dealkylation sites (tertiary alicyclic amines) is 1. The van der Waals surface area contributed by atoms with E-state index in [1.54, 1.807) is 46.9 Å². The van der Waals surface area contributed by atoms with Crippen LogP contribution in [0.5, 0.6) is 11.5 Å². The Labute approximate surface area is 373 Å². The van der Waals surface area contributed by atoms with E-state index in [2.05, 4.69) is 36.0 Å². The van der Waals surface area contributed by atoms with Crippen LogP contribution >= 0.6 is 12.1 Å². The third kappa shape index (κ3) is 7.90. The first-order valence-corrected chi connectivity index (χ1v) is 22.4. The fraction of sp³-hybridized carbons (Fsp3) is 0.467. The summed E-state index contributed by atoms with van der Waals surface area (Å²) in [5.41, 5.74) is 1.68. The largest absolute Gasteiger partial charge is 0.453 e. The number of aromatic nitrogens is 4. The number of piperidine rings is 1. The van der Waals surface area contributed by atoms with E-state index in [9.17, 15) is 19.6 Å². The molecule has 1 saturated carbocycles. The van der Waals surface area contributed by atoms with Gasteiger partial charge in [-0.3, -0.25) is 18.9 Å². The zero-order chi connectivity index (χ0) is 44.9. The molecule has 3 aliphatic heterocycles. The molecule has 19 heteroatoms. The van der Waals surface area contributed by atoms with Gasteiger partial charge in [-0.25, -0.2) is 22.9 Å². The molecule has 5 aromatic rings. The fourth-order valence-corrected chi connectivity index (χ4v) is 10.5. The molecule has 3 aromatic carbocycles. The van der Waals surface area contributed by atoms with Crippen LogP contribution in [0.15, 0.2) is 53.6 Å². The summed E-state index contributed by atoms with van der Waals surface area (Å²) < 4.78 is 51.6. The smallest absolute Gasteiger partial charge is 0.322 e. The van der Waals surface area contributed by atoms with Crippen LogP contribution in [0, 0.1) is 28.4 Å². The number of amides is 2. The average Bonchev–Trinajstić information content (AvgIpc) is 3.82. The fourth-order valence-electron chi connectivity index (χ4n) is 9.94. The molecule has 9 rings (SSSR count). The third-order valence-corrected chi connectivity index (χ3v) is 14.5. The molecule has 2 spiro atoms. The number of carbonyl (C=O) groups excluding carboxylic acids is 2. The number of aryl methyl sites for hydroxylation is 1. The number of ether oxygens (including phenoxy) is 2. The predicted molar refractivity (Wildman–Crippen MR) is 241 cm³/mol. The van der Waals surface area contributed by atoms with Crippen LogP contribution in [0.3, 0.4) is 0 Å². The van der Waals surface area contributed by atoms with Gasteiger partial charge in [-0.2, -0.15) is 10.4 Å². The molecule has 4 fully saturated rings. The summed E-state index contributed by atoms with van der Waals surface area (Å²) in [5, 5.41) is 17.9. The predicted octanol–water partition coefficient (Wildman–Crippen LogP) is 6.35. The van der Waals surface area contributed by atoms with Gasteiger partial charge in [-0.15, -0.1) is 0 Å². The Morgan fingerprint density at radius 1 is 1.09 bits per heavy atom. The van der Waals surface area contributed by atoms with E-state index < -0.39 is 11.8 Å². The monoisotopic (exact) mass is 895 g/mol. The molecule has 2 amide bonds. The summed E-state index contributed by atoms with van der Waals surface area (Å²) >= 11 is 1.28. The molecule has 1 unspecified atom stereocenters. The number of hydrogen-bond donors (Lipinski definition) is 2. The SMILES string of the molecule is CCN(C)SNc1ccc(F)c(Oc2ccc3ncn(C4COC5(CCN(C6CC7(C6)CN(c6cc8c(cc6F)c(N(CCC=O)C(=O)NC)nn8C)C7)CC5)C4)c(=O)c3c2)c1C#N. The second-order valence-electron chi connectivity index (χ2n) is 17.5. The van der Waals surface area contributed by atoms with E-state index in [-0.39, 0.29) is 58.5 Å². The van der Waals surface area contributed by atoms with Gasteiger partial charge in [0.15, 0.2) is 17.4 Å². The summed E-state index contributed by atoms with van der Waals surface area (Å²) in [6, 6.07) is 12.7. The van der Waals surface area contributed by atoms with Gasteiger partial charge in [-0.1, -0.05) is 6.92 Å². The third-order valence-electron chi connectivity index (χ3n) is 13.6. The van der Waals surface area contributed by atoms with Crippen LogP contribution in [0.4, 0.5) is 30.8 Å². The van der Waals surface area contributed by atoms with E-state index in [1.807, 2.05) is 18.3 Å². The number of halogens is 2. The van der Waals surface area contributed by atoms with Gasteiger partial charge in [0.1, 0.15) is 29.5 Å². The number of anilines is 3. The molecule has 336 valence electrons. The van der Waals surface area contributed by atoms with Crippen molar-refractivity contribution >= 4 is 63.4 Å². The molecule has 2 N–H and O–H groups in total. The topological polar surface area (TPSA) is 166 Å². The number of urea groups is 1. The molecule has 64 heavy (non-hydrogen) atoms. The number of nitrogens with one attached hydrogen (secondary N) is 2. The lowest BCUT2D eigenvalue weighted by Gasteiger charge is -2.62. The first-order valence-electron chi connectivity index (χ1n) is 21.6. The van der Waals surface area contributed by atoms with Gasteiger partial charge in [0.05, 0.1) is 52.4 Å². The molecule has 5 heterocycles. The minimum Gasteiger partial charge on any atom is -0.453 e. The Morgan fingerprint density at radius 2 is 1.88 bits per heavy atom. The van der Waals surface area contributed by atoms with Crippen LogP contribution in [0.25, 0.3) is 21.8 Å². The maximum Gasteiger partial charge on any atom is 0.322 e. The first-order chi connectivity index (χ1) is 30.9. The molecule has 4 aliphatic rings. The van der Waals surface area contributed by atoms with Crippen molar-refractivity contribution in [3.8, 4) is 17.6 Å². The van der Waals surface area contributed by atoms with Gasteiger partial charge >= 0.3 is 6.03 Å². The van der Waals surface area contributed by atoms with Gasteiger partial charge in [0, 0.05) is 88.8 Å². The van der Waals surface area contributed by atoms with Gasteiger partial charge < -0.3 is 34.1 Å². The summed E-state index contributed by atoms with van der Waals surface area (Å²) in [5.74, 6) is -0.778. The maximum absolute atomic E-state index is 15.7. The van der Waals surface area contributed by atoms with Crippen LogP contribution in [0.2, 0.25) is 0 Å². The molecular weight excluding hydrogens is 845 g/mol. The molecule has 3 saturated heterocycles. The minimum absolute atomic E-state index is 0.0111. The molecule has 2 aromatic heterocycles. The minimum atomic E-state index is -0.698. The van der Waals surface area contributed by atoms with Crippen LogP contribution in [0.1, 0.15) is 57.1 Å². The van der Waals surface area contributed by atoms with Crippen LogP contribution in [-0.4, -0.2) is 112 Å². The zero-order valence-electron chi connectivity index (χ0n) is 36.3. The molecule has 0 bridgehead atoms. The quantitative estimate of drug-likeness (QED) is 0.0993. The Bertz CT molecular complexity index is 2720. The van der Waals surface area contributed by atoms with Crippen LogP contribution < -0.4 is 30.1 Å². The summed E-state index contributed by atoms with van der Waals surface area (Å²) in [6.07, 6.45) is 6.93. The summed E-state index contributed by atoms with van der Waals surface area (Å²) in [6.45, 7) is 6.58. The van der Waals surface area contributed by atoms with Crippen molar-refractivity contribution in [2.24, 2.45) is 12.5 Å². The van der Waals surface area contributed by atoms with Crippen LogP contribution in [-0.2, 0) is 16.6 Å². The van der Waals surface area contributed by atoms with E-state index in [1.165, 1.54) is 42.3 Å². The van der Waals surface area contributed by atoms with Crippen molar-refractivity contribution in [2.45, 2.75) is 63.1 Å². The molecule has 1 aliphatic carbocycles. The number of fused-ring (bicyclic) bond motifs is 2. The highest BCUT2D eigenvalue weighted by molar-refractivity contribution is 7.98. The molecular formula is C45H51F2N11O5S. The average molecular weight is 896 g/mol. The first kappa shape index (κ1) is 43.4. The van der Waals surface area contributed by atoms with Gasteiger partial charge in [0.25, 0.3) is 5.56 Å². The summed E-state index contributed by atoms with van der Waals surface area (Å²) in [4.78, 5) is 48.3. The van der Waals surface area contributed by atoms with Crippen molar-refractivity contribution in [2.75, 3.05) is 74.5 Å². The molecule has 0 radical (unpaired) electrons. The number of aldehydes is 1. The number of carbonyl (C=O) groups is 2. The Hall–Kier alpha value is -5.81. The van der Waals surface area contributed by atoms with E-state index >= 15 is 8.78 Å². The van der Waals surface area contributed by atoms with Crippen molar-refractivity contribution in [1.82, 2.24) is 33.9 Å². The van der Waals surface area contributed by atoms with E-state index in [0.717, 1.165) is 64.7 Å². The number of nitrogens with zero attached hydrogens (tertiary/aromatic N) is 9. The number of hydrogen-bond acceptors (Lipinski definition) is 13. The second-order valence-corrected chi connectivity index (χ2v) is 18.5. The highest BCUT2D eigenvalue weighted by Gasteiger charge is 2.55. The molecule has 1 atom stereocenters. The lowest BCUT2D eigenvalue weighted by atomic mass is 9.59. The van der Waals surface area contributed by atoms with Crippen molar-refractivity contribution in [3.63, 3.8) is 0 Å². The van der Waals surface area contributed by atoms with Crippen molar-refractivity contribution in [3.05, 3.63) is 76.3 Å². The Morgan fingerprint density at radius 3 is 2.59 bits per heavy atom. The van der Waals surface area contributed by atoms with Crippen molar-refractivity contribution < 1.29 is 27.8 Å². The number of nitriles is 1. The highest BCUT2D eigenvalue weighted by atomic mass is 32.2. The number of rotatable bonds is 13. The summed E-state index contributed by atoms with van der Waals surface area (Å²) in [7, 11) is 5.15. The lowest BCUT2D eigenvalue weighted by molar-refractivity contribution is -0.107. The maximum atomic E-state index is 15.7. The van der Waals surface area contributed by atoms with E-state index in [4.69, 9.17) is 9.47 Å². The van der Waals surface area contributed by atoms with E-state index in [0.29, 0.717) is 58.1 Å². The van der Waals surface area contributed by atoms with Gasteiger partial charge in [0.2, 0.25) is 0 Å². The Kier molecular flexibility index (Phi) is 11.7. The second kappa shape index (κ2) is 17.3. The standard InChI is InChI=1S/C45H51F2N11O5S/c1-5-53(3)64-52-37-10-8-34(46)40(33(37)23-48)63-30-7-9-36-31(17-30)42(60)58(27-50-36)29-22-45(62-24-29)11-14-55(15-12-45)28-20-44(21-28)25-56(26-44)39-19-38-32(18-35(39)47)41(51-54(38)4)57(13-6-16-59)43(61)49-2/h7-10,16-19,27-29,52H,5-6,11-15,20-22,24-26H2,1-4H3,(H,49,61). The van der Waals surface area contributed by atoms with Gasteiger partial charge in [-0.05, 0) is 81.6 Å². The lowest BCUT2D eigenvalue weighted by Crippen LogP contribution is -2.67. The Balaban J connectivity index is 0.807. The molecule has 16 nitrogen and oxygen atoms in total. The highest BCUT2D eigenvalue weighted by Crippen LogP contribution is 2.53. The number of benzene rings is 3. The zero-order valence-corrected chi connectivity index (χ0v) is 37.1. The van der Waals surface area contributed by atoms with Crippen molar-refractivity contribution in [1.29, 1.82) is 5.26 Å².